The SMILES string of the molecule is CC1CCCC(C)N1C(=O)NCCc1ccc(CO)cc1. The predicted molar refractivity (Wildman–Crippen MR) is 84.1 cm³/mol. The van der Waals surface area contributed by atoms with E-state index < -0.39 is 0 Å². The molecular formula is C17H26N2O2. The minimum Gasteiger partial charge on any atom is -0.392 e. The number of rotatable bonds is 4. The number of hydrogen-bond acceptors (Lipinski definition) is 2. The van der Waals surface area contributed by atoms with Gasteiger partial charge in [-0.1, -0.05) is 24.3 Å². The lowest BCUT2D eigenvalue weighted by Crippen LogP contribution is -2.52. The van der Waals surface area contributed by atoms with Crippen LogP contribution < -0.4 is 5.32 Å². The lowest BCUT2D eigenvalue weighted by Gasteiger charge is -2.38. The second kappa shape index (κ2) is 7.46. The third kappa shape index (κ3) is 4.21. The molecule has 1 heterocycles. The Morgan fingerprint density at radius 3 is 2.33 bits per heavy atom. The standard InChI is InChI=1S/C17H26N2O2/c1-13-4-3-5-14(2)19(13)17(21)18-11-10-15-6-8-16(12-20)9-7-15/h6-9,13-14,20H,3-5,10-12H2,1-2H3,(H,18,21). The first-order chi connectivity index (χ1) is 10.1. The van der Waals surface area contributed by atoms with Crippen molar-refractivity contribution in [1.29, 1.82) is 0 Å². The summed E-state index contributed by atoms with van der Waals surface area (Å²) in [6.45, 7) is 4.97. The molecule has 2 unspecified atom stereocenters. The number of amides is 2. The first-order valence-corrected chi connectivity index (χ1v) is 7.86. The Morgan fingerprint density at radius 2 is 1.76 bits per heavy atom. The fraction of sp³-hybridized carbons (Fsp3) is 0.588. The quantitative estimate of drug-likeness (QED) is 0.896. The molecule has 116 valence electrons. The van der Waals surface area contributed by atoms with Crippen LogP contribution in [0.1, 0.15) is 44.2 Å². The van der Waals surface area contributed by atoms with Gasteiger partial charge in [0.25, 0.3) is 0 Å². The highest BCUT2D eigenvalue weighted by atomic mass is 16.3. The number of piperidine rings is 1. The van der Waals surface area contributed by atoms with Gasteiger partial charge in [-0.05, 0) is 50.7 Å². The molecule has 1 fully saturated rings. The molecule has 21 heavy (non-hydrogen) atoms. The van der Waals surface area contributed by atoms with Gasteiger partial charge in [0.15, 0.2) is 0 Å². The molecule has 0 aliphatic carbocycles. The molecule has 1 aliphatic rings. The fourth-order valence-corrected chi connectivity index (χ4v) is 3.04. The number of aliphatic hydroxyl groups excluding tert-OH is 1. The number of aliphatic hydroxyl groups is 1. The van der Waals surface area contributed by atoms with Gasteiger partial charge in [0.05, 0.1) is 6.61 Å². The van der Waals surface area contributed by atoms with E-state index in [1.807, 2.05) is 29.2 Å². The molecule has 0 radical (unpaired) electrons. The molecule has 0 spiro atoms. The van der Waals surface area contributed by atoms with E-state index >= 15 is 0 Å². The maximum atomic E-state index is 12.3. The van der Waals surface area contributed by atoms with Crippen LogP contribution in [0.15, 0.2) is 24.3 Å². The number of benzene rings is 1. The molecule has 2 rings (SSSR count). The van der Waals surface area contributed by atoms with Crippen molar-refractivity contribution in [1.82, 2.24) is 10.2 Å². The Balaban J connectivity index is 1.80. The van der Waals surface area contributed by atoms with E-state index in [2.05, 4.69) is 19.2 Å². The molecule has 2 amide bonds. The third-order valence-corrected chi connectivity index (χ3v) is 4.32. The monoisotopic (exact) mass is 290 g/mol. The van der Waals surface area contributed by atoms with Crippen molar-refractivity contribution in [2.75, 3.05) is 6.54 Å². The van der Waals surface area contributed by atoms with E-state index in [-0.39, 0.29) is 12.6 Å². The summed E-state index contributed by atoms with van der Waals surface area (Å²) in [5.41, 5.74) is 2.09. The van der Waals surface area contributed by atoms with Crippen LogP contribution in [0, 0.1) is 0 Å². The van der Waals surface area contributed by atoms with Gasteiger partial charge in [-0.15, -0.1) is 0 Å². The number of carbonyl (C=O) groups excluding carboxylic acids is 1. The van der Waals surface area contributed by atoms with Crippen molar-refractivity contribution in [2.45, 2.75) is 58.2 Å². The topological polar surface area (TPSA) is 52.6 Å². The van der Waals surface area contributed by atoms with Crippen molar-refractivity contribution >= 4 is 6.03 Å². The molecule has 0 bridgehead atoms. The minimum absolute atomic E-state index is 0.0571. The van der Waals surface area contributed by atoms with E-state index in [0.717, 1.165) is 24.8 Å². The maximum Gasteiger partial charge on any atom is 0.317 e. The molecule has 0 aromatic heterocycles. The summed E-state index contributed by atoms with van der Waals surface area (Å²) >= 11 is 0. The number of nitrogens with zero attached hydrogens (tertiary/aromatic N) is 1. The number of urea groups is 1. The molecule has 2 atom stereocenters. The van der Waals surface area contributed by atoms with Gasteiger partial charge in [0, 0.05) is 18.6 Å². The van der Waals surface area contributed by atoms with Gasteiger partial charge in [-0.25, -0.2) is 4.79 Å². The van der Waals surface area contributed by atoms with Gasteiger partial charge in [0.1, 0.15) is 0 Å². The summed E-state index contributed by atoms with van der Waals surface area (Å²) in [5, 5.41) is 12.0. The summed E-state index contributed by atoms with van der Waals surface area (Å²) in [6.07, 6.45) is 4.22. The smallest absolute Gasteiger partial charge is 0.317 e. The molecule has 1 aromatic carbocycles. The van der Waals surface area contributed by atoms with E-state index in [9.17, 15) is 4.79 Å². The number of nitrogens with one attached hydrogen (secondary N) is 1. The van der Waals surface area contributed by atoms with E-state index in [1.54, 1.807) is 0 Å². The van der Waals surface area contributed by atoms with E-state index in [1.165, 1.54) is 12.0 Å². The lowest BCUT2D eigenvalue weighted by atomic mass is 9.98. The zero-order valence-corrected chi connectivity index (χ0v) is 13.0. The summed E-state index contributed by atoms with van der Waals surface area (Å²) in [7, 11) is 0. The average Bonchev–Trinajstić information content (AvgIpc) is 2.48. The van der Waals surface area contributed by atoms with Crippen LogP contribution in [0.4, 0.5) is 4.79 Å². The Bertz CT molecular complexity index is 448. The molecule has 4 nitrogen and oxygen atoms in total. The van der Waals surface area contributed by atoms with Crippen molar-refractivity contribution in [3.8, 4) is 0 Å². The van der Waals surface area contributed by atoms with E-state index in [4.69, 9.17) is 5.11 Å². The Morgan fingerprint density at radius 1 is 1.19 bits per heavy atom. The first kappa shape index (κ1) is 15.8. The largest absolute Gasteiger partial charge is 0.392 e. The zero-order chi connectivity index (χ0) is 15.2. The van der Waals surface area contributed by atoms with Gasteiger partial charge >= 0.3 is 6.03 Å². The molecule has 0 saturated carbocycles. The highest BCUT2D eigenvalue weighted by Gasteiger charge is 2.28. The number of carbonyl (C=O) groups is 1. The minimum atomic E-state index is 0.0571. The zero-order valence-electron chi connectivity index (χ0n) is 13.0. The van der Waals surface area contributed by atoms with Crippen LogP contribution in [0.2, 0.25) is 0 Å². The summed E-state index contributed by atoms with van der Waals surface area (Å²) < 4.78 is 0. The van der Waals surface area contributed by atoms with Crippen molar-refractivity contribution in [3.05, 3.63) is 35.4 Å². The third-order valence-electron chi connectivity index (χ3n) is 4.32. The Kier molecular flexibility index (Phi) is 5.62. The average molecular weight is 290 g/mol. The Hall–Kier alpha value is -1.55. The van der Waals surface area contributed by atoms with Gasteiger partial charge in [-0.2, -0.15) is 0 Å². The van der Waals surface area contributed by atoms with Gasteiger partial charge < -0.3 is 15.3 Å². The number of likely N-dealkylation sites (tertiary alicyclic amines) is 1. The lowest BCUT2D eigenvalue weighted by molar-refractivity contribution is 0.123. The van der Waals surface area contributed by atoms with Gasteiger partial charge in [0.2, 0.25) is 0 Å². The summed E-state index contributed by atoms with van der Waals surface area (Å²) in [5.74, 6) is 0. The van der Waals surface area contributed by atoms with Crippen LogP contribution in [0.5, 0.6) is 0 Å². The normalized spacial score (nSPS) is 22.1. The molecule has 2 N–H and O–H groups in total. The van der Waals surface area contributed by atoms with Crippen LogP contribution in [0.3, 0.4) is 0 Å². The van der Waals surface area contributed by atoms with Crippen LogP contribution >= 0.6 is 0 Å². The molecule has 1 aliphatic heterocycles. The molecule has 1 saturated heterocycles. The van der Waals surface area contributed by atoms with Crippen molar-refractivity contribution in [3.63, 3.8) is 0 Å². The van der Waals surface area contributed by atoms with Gasteiger partial charge in [-0.3, -0.25) is 0 Å². The summed E-state index contributed by atoms with van der Waals surface area (Å²) in [6, 6.07) is 8.57. The van der Waals surface area contributed by atoms with Crippen LogP contribution in [0.25, 0.3) is 0 Å². The second-order valence-electron chi connectivity index (χ2n) is 5.99. The van der Waals surface area contributed by atoms with Crippen LogP contribution in [-0.4, -0.2) is 34.7 Å². The van der Waals surface area contributed by atoms with Crippen molar-refractivity contribution in [2.24, 2.45) is 0 Å². The Labute approximate surface area is 127 Å². The molecule has 4 heteroatoms. The maximum absolute atomic E-state index is 12.3. The highest BCUT2D eigenvalue weighted by Crippen LogP contribution is 2.22. The highest BCUT2D eigenvalue weighted by molar-refractivity contribution is 5.75. The molecular weight excluding hydrogens is 264 g/mol. The van der Waals surface area contributed by atoms with E-state index in [0.29, 0.717) is 18.6 Å². The number of hydrogen-bond donors (Lipinski definition) is 2. The first-order valence-electron chi connectivity index (χ1n) is 7.86. The predicted octanol–water partition coefficient (Wildman–Crippen LogP) is 2.69. The fourth-order valence-electron chi connectivity index (χ4n) is 3.04. The molecule has 1 aromatic rings. The second-order valence-corrected chi connectivity index (χ2v) is 5.99. The van der Waals surface area contributed by atoms with Crippen molar-refractivity contribution < 1.29 is 9.90 Å². The summed E-state index contributed by atoms with van der Waals surface area (Å²) in [4.78, 5) is 14.3. The van der Waals surface area contributed by atoms with Crippen LogP contribution in [-0.2, 0) is 13.0 Å².